The monoisotopic (exact) mass is 253 g/mol. The summed E-state index contributed by atoms with van der Waals surface area (Å²) >= 11 is 0. The molecule has 1 aromatic rings. The van der Waals surface area contributed by atoms with Crippen molar-refractivity contribution in [1.82, 2.24) is 15.5 Å². The Balaban J connectivity index is 2.13. The molecule has 0 aromatic carbocycles. The van der Waals surface area contributed by atoms with Crippen molar-refractivity contribution in [3.8, 4) is 0 Å². The quantitative estimate of drug-likeness (QED) is 0.840. The number of ether oxygens (including phenoxy) is 1. The maximum Gasteiger partial charge on any atom is 0.229 e. The van der Waals surface area contributed by atoms with E-state index in [1.807, 2.05) is 13.8 Å². The van der Waals surface area contributed by atoms with Gasteiger partial charge in [-0.05, 0) is 39.3 Å². The van der Waals surface area contributed by atoms with Crippen molar-refractivity contribution in [2.75, 3.05) is 19.7 Å². The van der Waals surface area contributed by atoms with E-state index in [0.717, 1.165) is 25.4 Å². The fourth-order valence-electron chi connectivity index (χ4n) is 2.14. The van der Waals surface area contributed by atoms with Gasteiger partial charge in [-0.1, -0.05) is 19.0 Å². The van der Waals surface area contributed by atoms with Crippen molar-refractivity contribution in [1.29, 1.82) is 0 Å². The number of hydrogen-bond acceptors (Lipinski definition) is 5. The Bertz CT molecular complexity index is 389. The molecule has 1 fully saturated rings. The van der Waals surface area contributed by atoms with Gasteiger partial charge < -0.3 is 14.6 Å². The Morgan fingerprint density at radius 2 is 2.22 bits per heavy atom. The van der Waals surface area contributed by atoms with Crippen molar-refractivity contribution in [2.24, 2.45) is 5.92 Å². The summed E-state index contributed by atoms with van der Waals surface area (Å²) in [5.41, 5.74) is -0.436. The lowest BCUT2D eigenvalue weighted by Gasteiger charge is -2.30. The topological polar surface area (TPSA) is 60.2 Å². The molecule has 2 atom stereocenters. The van der Waals surface area contributed by atoms with Crippen LogP contribution < -0.4 is 5.32 Å². The first-order chi connectivity index (χ1) is 8.60. The second-order valence-corrected chi connectivity index (χ2v) is 5.18. The van der Waals surface area contributed by atoms with E-state index in [2.05, 4.69) is 29.3 Å². The summed E-state index contributed by atoms with van der Waals surface area (Å²) in [4.78, 5) is 4.54. The van der Waals surface area contributed by atoms with Gasteiger partial charge in [0.25, 0.3) is 0 Å². The Morgan fingerprint density at radius 1 is 1.50 bits per heavy atom. The molecule has 2 rings (SSSR count). The third-order valence-corrected chi connectivity index (χ3v) is 3.96. The first-order valence-electron chi connectivity index (χ1n) is 6.79. The van der Waals surface area contributed by atoms with E-state index in [0.29, 0.717) is 24.3 Å². The summed E-state index contributed by atoms with van der Waals surface area (Å²) < 4.78 is 11.2. The largest absolute Gasteiger partial charge is 0.367 e. The third kappa shape index (κ3) is 2.42. The van der Waals surface area contributed by atoms with E-state index in [9.17, 15) is 0 Å². The molecule has 1 N–H and O–H groups in total. The molecule has 0 spiro atoms. The molecule has 2 heterocycles. The molecule has 1 aromatic heterocycles. The van der Waals surface area contributed by atoms with Crippen LogP contribution in [0.15, 0.2) is 4.52 Å². The Labute approximate surface area is 108 Å². The highest BCUT2D eigenvalue weighted by atomic mass is 16.5. The second kappa shape index (κ2) is 5.36. The predicted octanol–water partition coefficient (Wildman–Crippen LogP) is 2.05. The van der Waals surface area contributed by atoms with Crippen LogP contribution in [0.5, 0.6) is 0 Å². The van der Waals surface area contributed by atoms with Crippen LogP contribution in [0, 0.1) is 5.92 Å². The normalized spacial score (nSPS) is 21.3. The van der Waals surface area contributed by atoms with Gasteiger partial charge in [0.05, 0.1) is 0 Å². The summed E-state index contributed by atoms with van der Waals surface area (Å²) in [5.74, 6) is 2.32. The molecular weight excluding hydrogens is 230 g/mol. The van der Waals surface area contributed by atoms with Crippen LogP contribution in [0.2, 0.25) is 0 Å². The summed E-state index contributed by atoms with van der Waals surface area (Å²) in [5, 5.41) is 7.37. The smallest absolute Gasteiger partial charge is 0.229 e. The van der Waals surface area contributed by atoms with Crippen LogP contribution in [-0.4, -0.2) is 29.8 Å². The highest BCUT2D eigenvalue weighted by molar-refractivity contribution is 5.04. The highest BCUT2D eigenvalue weighted by Gasteiger charge is 2.34. The minimum absolute atomic E-state index is 0.315. The van der Waals surface area contributed by atoms with Crippen LogP contribution in [0.3, 0.4) is 0 Å². The number of aromatic nitrogens is 2. The van der Waals surface area contributed by atoms with Crippen LogP contribution >= 0.6 is 0 Å². The molecule has 0 amide bonds. The van der Waals surface area contributed by atoms with Gasteiger partial charge in [-0.2, -0.15) is 4.98 Å². The standard InChI is InChI=1S/C13H23N3O2/c1-5-13(4,17-6-2)12-15-11(18-16-12)9(3)10-7-14-8-10/h9-10,14H,5-8H2,1-4H3. The average molecular weight is 253 g/mol. The Hall–Kier alpha value is -0.940. The van der Waals surface area contributed by atoms with Crippen molar-refractivity contribution >= 4 is 0 Å². The fraction of sp³-hybridized carbons (Fsp3) is 0.846. The molecule has 0 radical (unpaired) electrons. The zero-order valence-electron chi connectivity index (χ0n) is 11.7. The maximum absolute atomic E-state index is 5.76. The van der Waals surface area contributed by atoms with Gasteiger partial charge in [-0.25, -0.2) is 0 Å². The molecule has 1 saturated heterocycles. The highest BCUT2D eigenvalue weighted by Crippen LogP contribution is 2.30. The van der Waals surface area contributed by atoms with Gasteiger partial charge in [0.1, 0.15) is 5.60 Å². The molecule has 1 aliphatic rings. The minimum Gasteiger partial charge on any atom is -0.367 e. The number of nitrogens with one attached hydrogen (secondary N) is 1. The molecule has 18 heavy (non-hydrogen) atoms. The molecule has 2 unspecified atom stereocenters. The van der Waals surface area contributed by atoms with Gasteiger partial charge in [-0.3, -0.25) is 0 Å². The van der Waals surface area contributed by atoms with Crippen LogP contribution in [0.25, 0.3) is 0 Å². The molecule has 1 aliphatic heterocycles. The predicted molar refractivity (Wildman–Crippen MR) is 68.3 cm³/mol. The third-order valence-electron chi connectivity index (χ3n) is 3.96. The lowest BCUT2D eigenvalue weighted by molar-refractivity contribution is -0.0403. The SMILES string of the molecule is CCOC(C)(CC)c1noc(C(C)C2CNC2)n1. The average Bonchev–Trinajstić information content (AvgIpc) is 2.76. The van der Waals surface area contributed by atoms with Gasteiger partial charge in [0, 0.05) is 12.5 Å². The molecule has 102 valence electrons. The molecule has 0 saturated carbocycles. The molecule has 0 aliphatic carbocycles. The first kappa shape index (κ1) is 13.5. The summed E-state index contributed by atoms with van der Waals surface area (Å²) in [6, 6.07) is 0. The fourth-order valence-corrected chi connectivity index (χ4v) is 2.14. The molecule has 5 heteroatoms. The minimum atomic E-state index is -0.436. The van der Waals surface area contributed by atoms with Gasteiger partial charge in [0.2, 0.25) is 11.7 Å². The van der Waals surface area contributed by atoms with Gasteiger partial charge >= 0.3 is 0 Å². The van der Waals surface area contributed by atoms with E-state index in [1.54, 1.807) is 0 Å². The van der Waals surface area contributed by atoms with Crippen molar-refractivity contribution < 1.29 is 9.26 Å². The van der Waals surface area contributed by atoms with Gasteiger partial charge in [-0.15, -0.1) is 0 Å². The number of hydrogen-bond donors (Lipinski definition) is 1. The zero-order valence-corrected chi connectivity index (χ0v) is 11.7. The van der Waals surface area contributed by atoms with Crippen molar-refractivity contribution in [2.45, 2.75) is 45.6 Å². The number of rotatable bonds is 6. The van der Waals surface area contributed by atoms with E-state index in [-0.39, 0.29) is 0 Å². The lowest BCUT2D eigenvalue weighted by Crippen LogP contribution is -2.44. The Morgan fingerprint density at radius 3 is 2.72 bits per heavy atom. The lowest BCUT2D eigenvalue weighted by atomic mass is 9.89. The van der Waals surface area contributed by atoms with Crippen LogP contribution in [0.4, 0.5) is 0 Å². The summed E-state index contributed by atoms with van der Waals surface area (Å²) in [7, 11) is 0. The van der Waals surface area contributed by atoms with Crippen molar-refractivity contribution in [3.05, 3.63) is 11.7 Å². The summed E-state index contributed by atoms with van der Waals surface area (Å²) in [6.07, 6.45) is 0.833. The second-order valence-electron chi connectivity index (χ2n) is 5.18. The molecule has 0 bridgehead atoms. The van der Waals surface area contributed by atoms with Crippen LogP contribution in [-0.2, 0) is 10.3 Å². The molecular formula is C13H23N3O2. The van der Waals surface area contributed by atoms with E-state index in [1.165, 1.54) is 0 Å². The van der Waals surface area contributed by atoms with E-state index >= 15 is 0 Å². The zero-order chi connectivity index (χ0) is 13.2. The van der Waals surface area contributed by atoms with Crippen LogP contribution in [0.1, 0.15) is 51.7 Å². The van der Waals surface area contributed by atoms with E-state index in [4.69, 9.17) is 9.26 Å². The van der Waals surface area contributed by atoms with Crippen molar-refractivity contribution in [3.63, 3.8) is 0 Å². The molecule has 5 nitrogen and oxygen atoms in total. The van der Waals surface area contributed by atoms with E-state index < -0.39 is 5.60 Å². The van der Waals surface area contributed by atoms with Gasteiger partial charge in [0.15, 0.2) is 0 Å². The maximum atomic E-state index is 5.76. The summed E-state index contributed by atoms with van der Waals surface area (Å²) in [6.45, 7) is 10.9. The first-order valence-corrected chi connectivity index (χ1v) is 6.79. The number of nitrogens with zero attached hydrogens (tertiary/aromatic N) is 2. The Kier molecular flexibility index (Phi) is 4.02.